The molecule has 6 heterocycles. The molecule has 2 saturated heterocycles. The number of nitrogens with one attached hydrogen (secondary N) is 3. The highest BCUT2D eigenvalue weighted by atomic mass is 16.6. The summed E-state index contributed by atoms with van der Waals surface area (Å²) in [5, 5.41) is 43.9. The maximum Gasteiger partial charge on any atom is 0.160 e. The molecule has 0 radical (unpaired) electrons. The van der Waals surface area contributed by atoms with E-state index in [1.807, 2.05) is 0 Å². The molecule has 11 nitrogen and oxygen atoms in total. The predicted octanol–water partition coefficient (Wildman–Crippen LogP) is 13.6. The number of aliphatic hydroxyl groups excluding tert-OH is 2. The van der Waals surface area contributed by atoms with Crippen LogP contribution in [0.2, 0.25) is 0 Å². The Bertz CT molecular complexity index is 3400. The summed E-state index contributed by atoms with van der Waals surface area (Å²) < 4.78 is 15.4. The van der Waals surface area contributed by atoms with Gasteiger partial charge in [0.2, 0.25) is 0 Å². The number of Topliss-reactive ketones (excluding diaryl/α,β-unsaturated/α-hetero) is 2. The van der Waals surface area contributed by atoms with Crippen LogP contribution in [0.5, 0.6) is 0 Å². The second-order valence-corrected chi connectivity index (χ2v) is 32.9. The van der Waals surface area contributed by atoms with Crippen LogP contribution in [0.1, 0.15) is 252 Å². The van der Waals surface area contributed by atoms with E-state index in [1.165, 1.54) is 77.6 Å². The molecule has 3 aliphatic heterocycles. The van der Waals surface area contributed by atoms with E-state index in [0.717, 1.165) is 112 Å². The molecule has 458 valence electrons. The van der Waals surface area contributed by atoms with Crippen LogP contribution >= 0.6 is 0 Å². The fourth-order valence-corrected chi connectivity index (χ4v) is 24.6. The lowest BCUT2D eigenvalue weighted by molar-refractivity contribution is -0.271. The Morgan fingerprint density at radius 1 is 0.847 bits per heavy atom. The number of ketones is 2. The van der Waals surface area contributed by atoms with Crippen molar-refractivity contribution in [2.45, 2.75) is 274 Å². The number of aliphatic hydroxyl groups is 3. The lowest BCUT2D eigenvalue weighted by Crippen LogP contribution is -2.75. The number of aryl methyl sites for hydroxylation is 1. The summed E-state index contributed by atoms with van der Waals surface area (Å²) in [6.45, 7) is 15.1. The van der Waals surface area contributed by atoms with Crippen molar-refractivity contribution >= 4 is 22.6 Å². The number of aromatic nitrogens is 3. The minimum atomic E-state index is -0.957. The van der Waals surface area contributed by atoms with Gasteiger partial charge in [-0.05, 0) is 208 Å². The summed E-state index contributed by atoms with van der Waals surface area (Å²) in [5.74, 6) is 0.789. The first-order valence-corrected chi connectivity index (χ1v) is 34.5. The highest BCUT2D eigenvalue weighted by Crippen LogP contribution is 2.84. The number of carbonyl (C=O) groups is 2. The van der Waals surface area contributed by atoms with Crippen molar-refractivity contribution in [3.05, 3.63) is 93.1 Å². The number of carbonyl (C=O) groups excluding carboxylic acids is 2. The lowest BCUT2D eigenvalue weighted by atomic mass is 9.27. The molecule has 4 aromatic rings. The Hall–Kier alpha value is -3.84. The number of benzene rings is 1. The van der Waals surface area contributed by atoms with Gasteiger partial charge >= 0.3 is 0 Å². The van der Waals surface area contributed by atoms with E-state index in [9.17, 15) is 15.3 Å². The van der Waals surface area contributed by atoms with E-state index >= 15 is 9.59 Å². The molecular formula is C74H100N4O7. The monoisotopic (exact) mass is 1160 g/mol. The zero-order valence-electron chi connectivity index (χ0n) is 52.5. The first-order chi connectivity index (χ1) is 40.6. The molecule has 1 aromatic carbocycles. The maximum absolute atomic E-state index is 16.4. The van der Waals surface area contributed by atoms with Crippen LogP contribution in [0.3, 0.4) is 0 Å². The van der Waals surface area contributed by atoms with Crippen LogP contribution in [-0.2, 0) is 44.1 Å². The minimum absolute atomic E-state index is 0.0993. The Kier molecular flexibility index (Phi) is 12.7. The number of nitrogens with zero attached hydrogens (tertiary/aromatic N) is 1. The third kappa shape index (κ3) is 7.76. The van der Waals surface area contributed by atoms with Gasteiger partial charge in [-0.2, -0.15) is 0 Å². The van der Waals surface area contributed by atoms with Crippen molar-refractivity contribution in [3.63, 3.8) is 0 Å². The summed E-state index contributed by atoms with van der Waals surface area (Å²) in [5.41, 5.74) is 8.29. The number of fused-ring (bicyclic) bond motifs is 9. The summed E-state index contributed by atoms with van der Waals surface area (Å²) in [6.07, 6.45) is 29.4. The molecule has 16 unspecified atom stereocenters. The van der Waals surface area contributed by atoms with Gasteiger partial charge in [-0.25, -0.2) is 0 Å². The van der Waals surface area contributed by atoms with Crippen LogP contribution < -0.4 is 5.32 Å². The van der Waals surface area contributed by atoms with Gasteiger partial charge in [-0.15, -0.1) is 0 Å². The largest absolute Gasteiger partial charge is 0.392 e. The van der Waals surface area contributed by atoms with Gasteiger partial charge in [-0.3, -0.25) is 9.59 Å². The van der Waals surface area contributed by atoms with Crippen LogP contribution in [0.15, 0.2) is 54.0 Å². The number of allylic oxidation sites excluding steroid dienone is 1. The molecular weight excluding hydrogens is 1060 g/mol. The first kappa shape index (κ1) is 56.4. The second kappa shape index (κ2) is 19.1. The molecule has 2 bridgehead atoms. The zero-order chi connectivity index (χ0) is 58.6. The summed E-state index contributed by atoms with van der Waals surface area (Å²) in [7, 11) is 2.09. The standard InChI is InChI=1S/C74H100N4O7/c1-66(2)65(85-66)54(80)37-67(3)25-18-46-39-77-60-48(32-43-31-47(44-15-10-8-11-16-44)34-49(33-43)74(83)28-30-84-71(42-74)22-12-9-13-23-71)40-78(61(46)60)41-52-56-58(67)53(79)38-69(56,5)68(4)26-20-55-70(6,63(68)62(52)81)73-27-19-45(35-73)59-51(21-29-76-59)57(73)64(82)72(55)24-14-17-50(36-72)75-7/h21,29,31,33-34,39-40,44-45,50,52,54-55,57,62-63,65,75-77,80-81,83H,8-20,22-28,30,32,35-38,41-42H2,1-7H3. The Labute approximate surface area is 505 Å². The number of epoxide rings is 1. The van der Waals surface area contributed by atoms with E-state index < -0.39 is 56.4 Å². The van der Waals surface area contributed by atoms with Crippen molar-refractivity contribution < 1.29 is 34.4 Å². The number of ether oxygens (including phenoxy) is 2. The highest BCUT2D eigenvalue weighted by Gasteiger charge is 2.81. The molecule has 7 saturated carbocycles. The maximum atomic E-state index is 16.4. The number of H-pyrrole nitrogens is 2. The SMILES string of the molecule is CNC1CCCC2(C1)C(=O)C1c3cc[nH]c3C3CCC1(C3)C1(C)C2CCC2(C)C1C(O)C1Cn3cc(Cc4cc(C5CCCCC5)cc(C5(O)CCOC6(CCCCC6)C5)c4)c4[nH]cc(c43)CCC(C)(CC(O)C3OC3(C)C)C3=C1C2(C)CC3=O. The van der Waals surface area contributed by atoms with Gasteiger partial charge in [0, 0.05) is 84.9 Å². The molecule has 11 heteroatoms. The number of aromatic amines is 2. The molecule has 85 heavy (non-hydrogen) atoms. The quantitative estimate of drug-likeness (QED) is 0.0949. The lowest BCUT2D eigenvalue weighted by Gasteiger charge is -2.76. The minimum Gasteiger partial charge on any atom is -0.392 e. The first-order valence-electron chi connectivity index (χ1n) is 34.5. The fourth-order valence-electron chi connectivity index (χ4n) is 24.6. The van der Waals surface area contributed by atoms with Crippen LogP contribution in [0.25, 0.3) is 11.0 Å². The number of hydrogen-bond acceptors (Lipinski definition) is 8. The van der Waals surface area contributed by atoms with Gasteiger partial charge in [-0.1, -0.05) is 90.8 Å². The number of hydrogen-bond donors (Lipinski definition) is 6. The van der Waals surface area contributed by atoms with Crippen LogP contribution in [0, 0.1) is 50.2 Å². The topological polar surface area (TPSA) is 165 Å². The molecule has 3 aromatic heterocycles. The van der Waals surface area contributed by atoms with Gasteiger partial charge < -0.3 is 44.6 Å². The van der Waals surface area contributed by atoms with Crippen molar-refractivity contribution in [2.24, 2.45) is 50.2 Å². The van der Waals surface area contributed by atoms with Gasteiger partial charge in [0.1, 0.15) is 11.9 Å². The average Bonchev–Trinajstić information content (AvgIpc) is 1.64. The molecule has 12 aliphatic rings. The van der Waals surface area contributed by atoms with Crippen LogP contribution in [-0.4, -0.2) is 90.6 Å². The average molecular weight is 1160 g/mol. The van der Waals surface area contributed by atoms with E-state index in [4.69, 9.17) is 9.47 Å². The Morgan fingerprint density at radius 3 is 2.41 bits per heavy atom. The van der Waals surface area contributed by atoms with E-state index in [2.05, 4.69) is 111 Å². The predicted molar refractivity (Wildman–Crippen MR) is 330 cm³/mol. The summed E-state index contributed by atoms with van der Waals surface area (Å²) in [4.78, 5) is 40.1. The van der Waals surface area contributed by atoms with Crippen molar-refractivity contribution in [1.29, 1.82) is 0 Å². The molecule has 16 atom stereocenters. The highest BCUT2D eigenvalue weighted by molar-refractivity contribution is 6.02. The molecule has 3 spiro atoms. The Morgan fingerprint density at radius 2 is 1.64 bits per heavy atom. The van der Waals surface area contributed by atoms with Crippen LogP contribution in [0.4, 0.5) is 0 Å². The van der Waals surface area contributed by atoms with Gasteiger partial charge in [0.15, 0.2) is 5.78 Å². The van der Waals surface area contributed by atoms with E-state index in [1.54, 1.807) is 0 Å². The third-order valence-corrected chi connectivity index (χ3v) is 28.6. The smallest absolute Gasteiger partial charge is 0.160 e. The summed E-state index contributed by atoms with van der Waals surface area (Å²) in [6, 6.07) is 9.75. The molecule has 0 amide bonds. The molecule has 9 fully saturated rings. The van der Waals surface area contributed by atoms with E-state index in [-0.39, 0.29) is 46.7 Å². The number of rotatable bonds is 8. The van der Waals surface area contributed by atoms with Crippen molar-refractivity contribution in [2.75, 3.05) is 13.7 Å². The van der Waals surface area contributed by atoms with Gasteiger partial charge in [0.25, 0.3) is 0 Å². The normalized spacial score (nSPS) is 42.9. The molecule has 6 N–H and O–H groups in total. The van der Waals surface area contributed by atoms with Crippen molar-refractivity contribution in [3.8, 4) is 0 Å². The van der Waals surface area contributed by atoms with E-state index in [0.29, 0.717) is 69.3 Å². The molecule has 16 rings (SSSR count). The third-order valence-electron chi connectivity index (χ3n) is 28.6. The fraction of sp³-hybridized carbons (Fsp3) is 0.730. The second-order valence-electron chi connectivity index (χ2n) is 32.9. The van der Waals surface area contributed by atoms with Crippen molar-refractivity contribution in [1.82, 2.24) is 19.9 Å². The molecule has 9 aliphatic carbocycles. The zero-order valence-corrected chi connectivity index (χ0v) is 52.5. The van der Waals surface area contributed by atoms with Gasteiger partial charge in [0.05, 0.1) is 52.6 Å². The summed E-state index contributed by atoms with van der Waals surface area (Å²) >= 11 is 0. The Balaban J connectivity index is 0.861.